The van der Waals surface area contributed by atoms with Gasteiger partial charge in [0, 0.05) is 25.0 Å². The highest BCUT2D eigenvalue weighted by Gasteiger charge is 2.30. The van der Waals surface area contributed by atoms with E-state index in [4.69, 9.17) is 11.6 Å². The van der Waals surface area contributed by atoms with E-state index in [-0.39, 0.29) is 9.92 Å². The van der Waals surface area contributed by atoms with Crippen LogP contribution in [0.1, 0.15) is 11.3 Å². The average Bonchev–Trinajstić information content (AvgIpc) is 2.85. The van der Waals surface area contributed by atoms with E-state index >= 15 is 0 Å². The molecule has 0 unspecified atom stereocenters. The topological polar surface area (TPSA) is 42.3 Å². The molecule has 1 aliphatic heterocycles. The van der Waals surface area contributed by atoms with Crippen molar-refractivity contribution in [3.05, 3.63) is 52.8 Å². The van der Waals surface area contributed by atoms with Gasteiger partial charge >= 0.3 is 0 Å². The summed E-state index contributed by atoms with van der Waals surface area (Å²) in [6, 6.07) is 9.03. The van der Waals surface area contributed by atoms with Gasteiger partial charge in [0.05, 0.1) is 11.6 Å². The summed E-state index contributed by atoms with van der Waals surface area (Å²) in [4.78, 5) is 0.224. The molecule has 2 aromatic rings. The molecule has 0 saturated heterocycles. The van der Waals surface area contributed by atoms with Gasteiger partial charge in [0.1, 0.15) is 4.90 Å². The fraction of sp³-hybridized carbons (Fsp3) is 0.286. The summed E-state index contributed by atoms with van der Waals surface area (Å²) >= 11 is 6.10. The zero-order valence-electron chi connectivity index (χ0n) is 11.1. The third-order valence-electron chi connectivity index (χ3n) is 3.61. The van der Waals surface area contributed by atoms with Crippen LogP contribution in [-0.2, 0) is 23.1 Å². The third-order valence-corrected chi connectivity index (χ3v) is 6.09. The summed E-state index contributed by atoms with van der Waals surface area (Å²) in [5.41, 5.74) is 1.68. The molecule has 1 aromatic carbocycles. The van der Waals surface area contributed by atoms with Crippen LogP contribution in [0.2, 0.25) is 5.02 Å². The molecule has 0 spiro atoms. The lowest BCUT2D eigenvalue weighted by atomic mass is 10.2. The van der Waals surface area contributed by atoms with Gasteiger partial charge in [-0.05, 0) is 30.7 Å². The van der Waals surface area contributed by atoms with Crippen LogP contribution in [0.15, 0.2) is 41.4 Å². The fourth-order valence-electron chi connectivity index (χ4n) is 2.57. The Labute approximate surface area is 123 Å². The van der Waals surface area contributed by atoms with Crippen LogP contribution < -0.4 is 0 Å². The number of nitrogens with zero attached hydrogens (tertiary/aromatic N) is 2. The summed E-state index contributed by atoms with van der Waals surface area (Å²) in [6.45, 7) is 3.30. The van der Waals surface area contributed by atoms with Crippen LogP contribution in [-0.4, -0.2) is 23.8 Å². The molecule has 0 atom stereocenters. The second-order valence-corrected chi connectivity index (χ2v) is 7.20. The highest BCUT2D eigenvalue weighted by Crippen LogP contribution is 2.29. The largest absolute Gasteiger partial charge is 0.349 e. The van der Waals surface area contributed by atoms with Crippen molar-refractivity contribution in [1.82, 2.24) is 8.87 Å². The van der Waals surface area contributed by atoms with E-state index in [1.54, 1.807) is 25.1 Å². The van der Waals surface area contributed by atoms with Crippen LogP contribution in [0.4, 0.5) is 0 Å². The number of fused-ring (bicyclic) bond motifs is 1. The maximum absolute atomic E-state index is 12.8. The Kier molecular flexibility index (Phi) is 3.36. The van der Waals surface area contributed by atoms with Crippen LogP contribution in [0.5, 0.6) is 0 Å². The van der Waals surface area contributed by atoms with E-state index in [9.17, 15) is 8.42 Å². The summed E-state index contributed by atoms with van der Waals surface area (Å²) in [7, 11) is -3.56. The third kappa shape index (κ3) is 2.16. The van der Waals surface area contributed by atoms with Crippen molar-refractivity contribution in [3.63, 3.8) is 0 Å². The zero-order valence-corrected chi connectivity index (χ0v) is 12.7. The molecule has 4 nitrogen and oxygen atoms in total. The van der Waals surface area contributed by atoms with Gasteiger partial charge in [-0.2, -0.15) is 4.31 Å². The molecule has 0 aliphatic carbocycles. The molecule has 0 radical (unpaired) electrons. The first kappa shape index (κ1) is 13.7. The average molecular weight is 311 g/mol. The molecule has 106 valence electrons. The minimum Gasteiger partial charge on any atom is -0.349 e. The first-order chi connectivity index (χ1) is 9.50. The molecule has 0 fully saturated rings. The predicted octanol–water partition coefficient (Wildman–Crippen LogP) is 2.65. The number of rotatable bonds is 2. The Balaban J connectivity index is 2.02. The molecule has 20 heavy (non-hydrogen) atoms. The molecule has 0 N–H and O–H groups in total. The van der Waals surface area contributed by atoms with Crippen molar-refractivity contribution in [3.8, 4) is 0 Å². The summed E-state index contributed by atoms with van der Waals surface area (Å²) in [5, 5.41) is 0.283. The molecule has 1 aliphatic rings. The van der Waals surface area contributed by atoms with E-state index in [1.807, 2.05) is 18.3 Å². The number of aryl methyl sites for hydroxylation is 1. The standard InChI is InChI=1S/C14H15ClN2O2S/c1-11-4-2-6-13(15)14(11)20(18,19)17-9-8-16-7-3-5-12(16)10-17/h2-7H,8-10H2,1H3. The van der Waals surface area contributed by atoms with Crippen LogP contribution in [0.25, 0.3) is 0 Å². The Morgan fingerprint density at radius 1 is 1.15 bits per heavy atom. The summed E-state index contributed by atoms with van der Waals surface area (Å²) in [6.07, 6.45) is 1.97. The molecular formula is C14H15ClN2O2S. The van der Waals surface area contributed by atoms with E-state index in [2.05, 4.69) is 4.57 Å². The molecule has 2 heterocycles. The molecule has 1 aromatic heterocycles. The lowest BCUT2D eigenvalue weighted by Gasteiger charge is -2.28. The van der Waals surface area contributed by atoms with Crippen molar-refractivity contribution >= 4 is 21.6 Å². The van der Waals surface area contributed by atoms with E-state index in [1.165, 1.54) is 4.31 Å². The van der Waals surface area contributed by atoms with E-state index < -0.39 is 10.0 Å². The van der Waals surface area contributed by atoms with Gasteiger partial charge in [-0.25, -0.2) is 8.42 Å². The fourth-order valence-corrected chi connectivity index (χ4v) is 4.75. The van der Waals surface area contributed by atoms with Gasteiger partial charge in [0.2, 0.25) is 10.0 Å². The number of hydrogen-bond donors (Lipinski definition) is 0. The van der Waals surface area contributed by atoms with Crippen LogP contribution in [0.3, 0.4) is 0 Å². The summed E-state index contributed by atoms with van der Waals surface area (Å²) < 4.78 is 29.2. The highest BCUT2D eigenvalue weighted by molar-refractivity contribution is 7.89. The number of halogens is 1. The monoisotopic (exact) mass is 310 g/mol. The van der Waals surface area contributed by atoms with Crippen LogP contribution in [0, 0.1) is 6.92 Å². The maximum atomic E-state index is 12.8. The first-order valence-electron chi connectivity index (χ1n) is 6.39. The lowest BCUT2D eigenvalue weighted by molar-refractivity contribution is 0.341. The maximum Gasteiger partial charge on any atom is 0.245 e. The van der Waals surface area contributed by atoms with Gasteiger partial charge in [-0.15, -0.1) is 0 Å². The van der Waals surface area contributed by atoms with Gasteiger partial charge < -0.3 is 4.57 Å². The predicted molar refractivity (Wildman–Crippen MR) is 78.2 cm³/mol. The lowest BCUT2D eigenvalue weighted by Crippen LogP contribution is -2.38. The smallest absolute Gasteiger partial charge is 0.245 e. The number of hydrogen-bond acceptors (Lipinski definition) is 2. The second kappa shape index (κ2) is 4.91. The first-order valence-corrected chi connectivity index (χ1v) is 8.21. The Morgan fingerprint density at radius 2 is 1.95 bits per heavy atom. The molecule has 0 bridgehead atoms. The molecule has 0 saturated carbocycles. The van der Waals surface area contributed by atoms with Crippen molar-refractivity contribution in [1.29, 1.82) is 0 Å². The number of sulfonamides is 1. The minimum absolute atomic E-state index is 0.224. The quantitative estimate of drug-likeness (QED) is 0.856. The normalized spacial score (nSPS) is 16.1. The molecular weight excluding hydrogens is 296 g/mol. The highest BCUT2D eigenvalue weighted by atomic mass is 35.5. The zero-order chi connectivity index (χ0) is 14.3. The molecule has 3 rings (SSSR count). The summed E-state index contributed by atoms with van der Waals surface area (Å²) in [5.74, 6) is 0. The van der Waals surface area contributed by atoms with E-state index in [0.717, 1.165) is 5.69 Å². The Morgan fingerprint density at radius 3 is 2.70 bits per heavy atom. The Bertz CT molecular complexity index is 732. The van der Waals surface area contributed by atoms with Crippen molar-refractivity contribution in [2.45, 2.75) is 24.9 Å². The number of aromatic nitrogens is 1. The SMILES string of the molecule is Cc1cccc(Cl)c1S(=O)(=O)N1CCn2cccc2C1. The van der Waals surface area contributed by atoms with Gasteiger partial charge in [-0.3, -0.25) is 0 Å². The van der Waals surface area contributed by atoms with Gasteiger partial charge in [0.25, 0.3) is 0 Å². The van der Waals surface area contributed by atoms with Gasteiger partial charge in [0.15, 0.2) is 0 Å². The van der Waals surface area contributed by atoms with Crippen LogP contribution >= 0.6 is 11.6 Å². The molecule has 6 heteroatoms. The number of benzene rings is 1. The molecule has 0 amide bonds. The van der Waals surface area contributed by atoms with Crippen molar-refractivity contribution < 1.29 is 8.42 Å². The van der Waals surface area contributed by atoms with E-state index in [0.29, 0.717) is 25.2 Å². The minimum atomic E-state index is -3.56. The Hall–Kier alpha value is -1.30. The van der Waals surface area contributed by atoms with Crippen molar-refractivity contribution in [2.24, 2.45) is 0 Å². The second-order valence-electron chi connectivity index (χ2n) is 4.92. The van der Waals surface area contributed by atoms with Gasteiger partial charge in [-0.1, -0.05) is 23.7 Å². The van der Waals surface area contributed by atoms with Crippen molar-refractivity contribution in [2.75, 3.05) is 6.54 Å².